The van der Waals surface area contributed by atoms with Crippen LogP contribution in [0.4, 0.5) is 0 Å². The lowest BCUT2D eigenvalue weighted by Crippen LogP contribution is -2.25. The average molecular weight is 289 g/mol. The van der Waals surface area contributed by atoms with Gasteiger partial charge in [0.05, 0.1) is 7.11 Å². The van der Waals surface area contributed by atoms with E-state index in [2.05, 4.69) is 10.1 Å². The van der Waals surface area contributed by atoms with Crippen LogP contribution in [0.5, 0.6) is 0 Å². The fourth-order valence-electron chi connectivity index (χ4n) is 2.17. The summed E-state index contributed by atoms with van der Waals surface area (Å²) < 4.78 is 10.2. The zero-order chi connectivity index (χ0) is 15.4. The monoisotopic (exact) mass is 289 g/mol. The lowest BCUT2D eigenvalue weighted by atomic mass is 10.1. The second kappa shape index (κ2) is 6.43. The summed E-state index contributed by atoms with van der Waals surface area (Å²) in [6.07, 6.45) is 0.825. The molecule has 1 aromatic heterocycles. The molecule has 0 fully saturated rings. The van der Waals surface area contributed by atoms with E-state index < -0.39 is 0 Å². The largest absolute Gasteiger partial charge is 0.469 e. The molecule has 21 heavy (non-hydrogen) atoms. The van der Waals surface area contributed by atoms with Crippen molar-refractivity contribution < 1.29 is 18.7 Å². The first kappa shape index (κ1) is 15.1. The summed E-state index contributed by atoms with van der Waals surface area (Å²) in [5, 5.41) is 3.71. The molecule has 2 aromatic rings. The summed E-state index contributed by atoms with van der Waals surface area (Å²) in [5.74, 6) is -0.209. The molecular weight excluding hydrogens is 270 g/mol. The maximum atomic E-state index is 12.1. The Labute approximate surface area is 123 Å². The molecule has 0 aliphatic carbocycles. The van der Waals surface area contributed by atoms with Crippen LogP contribution in [0.15, 0.2) is 22.6 Å². The van der Waals surface area contributed by atoms with Crippen LogP contribution in [0.25, 0.3) is 11.0 Å². The average Bonchev–Trinajstić information content (AvgIpc) is 2.80. The van der Waals surface area contributed by atoms with Crippen LogP contribution in [-0.4, -0.2) is 25.5 Å². The second-order valence-corrected chi connectivity index (χ2v) is 4.99. The van der Waals surface area contributed by atoms with Gasteiger partial charge in [0.2, 0.25) is 0 Å². The minimum atomic E-state index is -0.278. The molecule has 0 spiro atoms. The van der Waals surface area contributed by atoms with Gasteiger partial charge in [-0.15, -0.1) is 0 Å². The third-order valence-electron chi connectivity index (χ3n) is 3.37. The first-order valence-electron chi connectivity index (χ1n) is 6.87. The summed E-state index contributed by atoms with van der Waals surface area (Å²) in [6, 6.07) is 5.82. The predicted molar refractivity (Wildman–Crippen MR) is 79.3 cm³/mol. The van der Waals surface area contributed by atoms with E-state index in [1.807, 2.05) is 32.0 Å². The van der Waals surface area contributed by atoms with Crippen molar-refractivity contribution in [2.24, 2.45) is 0 Å². The van der Waals surface area contributed by atoms with Crippen LogP contribution in [0, 0.1) is 13.8 Å². The SMILES string of the molecule is COC(=O)CCCNC(=O)c1oc2ccc(C)cc2c1C. The van der Waals surface area contributed by atoms with Gasteiger partial charge < -0.3 is 14.5 Å². The molecule has 1 heterocycles. The number of amides is 1. The summed E-state index contributed by atoms with van der Waals surface area (Å²) >= 11 is 0. The third-order valence-corrected chi connectivity index (χ3v) is 3.37. The van der Waals surface area contributed by atoms with Crippen LogP contribution < -0.4 is 5.32 Å². The number of hydrogen-bond acceptors (Lipinski definition) is 4. The van der Waals surface area contributed by atoms with E-state index in [1.54, 1.807) is 0 Å². The van der Waals surface area contributed by atoms with E-state index in [0.717, 1.165) is 16.5 Å². The number of furan rings is 1. The van der Waals surface area contributed by atoms with Gasteiger partial charge in [-0.2, -0.15) is 0 Å². The zero-order valence-corrected chi connectivity index (χ0v) is 12.5. The van der Waals surface area contributed by atoms with Crippen LogP contribution in [0.1, 0.15) is 34.5 Å². The van der Waals surface area contributed by atoms with Gasteiger partial charge in [0.25, 0.3) is 5.91 Å². The molecule has 1 N–H and O–H groups in total. The molecule has 2 rings (SSSR count). The molecule has 0 aliphatic rings. The van der Waals surface area contributed by atoms with E-state index in [1.165, 1.54) is 7.11 Å². The van der Waals surface area contributed by atoms with E-state index in [-0.39, 0.29) is 18.3 Å². The molecule has 0 radical (unpaired) electrons. The van der Waals surface area contributed by atoms with Gasteiger partial charge in [-0.25, -0.2) is 0 Å². The number of ether oxygens (including phenoxy) is 1. The molecule has 1 amide bonds. The number of rotatable bonds is 5. The van der Waals surface area contributed by atoms with Crippen molar-refractivity contribution in [1.82, 2.24) is 5.32 Å². The number of esters is 1. The molecule has 0 aliphatic heterocycles. The van der Waals surface area contributed by atoms with Crippen molar-refractivity contribution >= 4 is 22.8 Å². The quantitative estimate of drug-likeness (QED) is 0.679. The van der Waals surface area contributed by atoms with Gasteiger partial charge in [0.15, 0.2) is 5.76 Å². The Kier molecular flexibility index (Phi) is 4.62. The summed E-state index contributed by atoms with van der Waals surface area (Å²) in [4.78, 5) is 23.1. The maximum absolute atomic E-state index is 12.1. The topological polar surface area (TPSA) is 68.5 Å². The summed E-state index contributed by atoms with van der Waals surface area (Å²) in [7, 11) is 1.35. The van der Waals surface area contributed by atoms with Gasteiger partial charge in [-0.05, 0) is 32.4 Å². The van der Waals surface area contributed by atoms with Crippen molar-refractivity contribution in [3.63, 3.8) is 0 Å². The van der Waals surface area contributed by atoms with E-state index in [0.29, 0.717) is 24.3 Å². The Morgan fingerprint density at radius 2 is 2.05 bits per heavy atom. The molecule has 5 heteroatoms. The standard InChI is InChI=1S/C16H19NO4/c1-10-6-7-13-12(9-10)11(2)15(21-13)16(19)17-8-4-5-14(18)20-3/h6-7,9H,4-5,8H2,1-3H3,(H,17,19). The summed E-state index contributed by atoms with van der Waals surface area (Å²) in [5.41, 5.74) is 2.66. The Bertz CT molecular complexity index is 672. The molecule has 1 aromatic carbocycles. The van der Waals surface area contributed by atoms with E-state index in [4.69, 9.17) is 4.42 Å². The first-order chi connectivity index (χ1) is 10.0. The summed E-state index contributed by atoms with van der Waals surface area (Å²) in [6.45, 7) is 4.27. The number of carbonyl (C=O) groups is 2. The van der Waals surface area contributed by atoms with Crippen LogP contribution in [0.3, 0.4) is 0 Å². The highest BCUT2D eigenvalue weighted by Crippen LogP contribution is 2.26. The Balaban J connectivity index is 2.03. The lowest BCUT2D eigenvalue weighted by Gasteiger charge is -2.03. The fraction of sp³-hybridized carbons (Fsp3) is 0.375. The predicted octanol–water partition coefficient (Wildman–Crippen LogP) is 2.73. The smallest absolute Gasteiger partial charge is 0.305 e. The first-order valence-corrected chi connectivity index (χ1v) is 6.87. The highest BCUT2D eigenvalue weighted by Gasteiger charge is 2.17. The fourth-order valence-corrected chi connectivity index (χ4v) is 2.17. The van der Waals surface area contributed by atoms with Gasteiger partial charge in [-0.1, -0.05) is 11.6 Å². The van der Waals surface area contributed by atoms with Crippen molar-refractivity contribution in [3.05, 3.63) is 35.1 Å². The molecule has 112 valence electrons. The minimum absolute atomic E-state index is 0.258. The van der Waals surface area contributed by atoms with Gasteiger partial charge in [-0.3, -0.25) is 9.59 Å². The normalized spacial score (nSPS) is 10.6. The number of hydrogen-bond donors (Lipinski definition) is 1. The zero-order valence-electron chi connectivity index (χ0n) is 12.5. The van der Waals surface area contributed by atoms with Crippen molar-refractivity contribution in [3.8, 4) is 0 Å². The van der Waals surface area contributed by atoms with Crippen molar-refractivity contribution in [1.29, 1.82) is 0 Å². The van der Waals surface area contributed by atoms with Crippen molar-refractivity contribution in [2.45, 2.75) is 26.7 Å². The molecule has 5 nitrogen and oxygen atoms in total. The molecule has 0 bridgehead atoms. The second-order valence-electron chi connectivity index (χ2n) is 4.99. The van der Waals surface area contributed by atoms with Crippen LogP contribution in [-0.2, 0) is 9.53 Å². The number of carbonyl (C=O) groups excluding carboxylic acids is 2. The number of fused-ring (bicyclic) bond motifs is 1. The van der Waals surface area contributed by atoms with Crippen molar-refractivity contribution in [2.75, 3.05) is 13.7 Å². The van der Waals surface area contributed by atoms with Crippen LogP contribution in [0.2, 0.25) is 0 Å². The number of aryl methyl sites for hydroxylation is 2. The Hall–Kier alpha value is -2.30. The van der Waals surface area contributed by atoms with E-state index >= 15 is 0 Å². The number of nitrogens with one attached hydrogen (secondary N) is 1. The molecule has 0 atom stereocenters. The van der Waals surface area contributed by atoms with Gasteiger partial charge >= 0.3 is 5.97 Å². The molecule has 0 saturated carbocycles. The molecular formula is C16H19NO4. The highest BCUT2D eigenvalue weighted by molar-refractivity contribution is 5.99. The third kappa shape index (κ3) is 3.42. The molecule has 0 unspecified atom stereocenters. The maximum Gasteiger partial charge on any atom is 0.305 e. The van der Waals surface area contributed by atoms with Gasteiger partial charge in [0, 0.05) is 23.9 Å². The minimum Gasteiger partial charge on any atom is -0.469 e. The van der Waals surface area contributed by atoms with Crippen LogP contribution >= 0.6 is 0 Å². The highest BCUT2D eigenvalue weighted by atomic mass is 16.5. The Morgan fingerprint density at radius 3 is 2.76 bits per heavy atom. The molecule has 0 saturated heterocycles. The Morgan fingerprint density at radius 1 is 1.29 bits per heavy atom. The number of methoxy groups -OCH3 is 1. The lowest BCUT2D eigenvalue weighted by molar-refractivity contribution is -0.140. The number of benzene rings is 1. The van der Waals surface area contributed by atoms with E-state index in [9.17, 15) is 9.59 Å². The van der Waals surface area contributed by atoms with Gasteiger partial charge in [0.1, 0.15) is 5.58 Å².